The van der Waals surface area contributed by atoms with Gasteiger partial charge in [0.1, 0.15) is 0 Å². The van der Waals surface area contributed by atoms with Gasteiger partial charge in [-0.25, -0.2) is 0 Å². The summed E-state index contributed by atoms with van der Waals surface area (Å²) in [5.74, 6) is -0.0460. The fourth-order valence-electron chi connectivity index (χ4n) is 12.1. The molecule has 0 radical (unpaired) electrons. The molecule has 2 unspecified atom stereocenters. The third-order valence-electron chi connectivity index (χ3n) is 17.9. The molecular weight excluding hydrogens is 1030 g/mol. The molecule has 1 amide bonds. The van der Waals surface area contributed by atoms with Gasteiger partial charge < -0.3 is 20.3 Å². The van der Waals surface area contributed by atoms with Crippen molar-refractivity contribution in [2.75, 3.05) is 13.2 Å². The normalized spacial score (nSPS) is 12.7. The second-order valence-electron chi connectivity index (χ2n) is 26.3. The van der Waals surface area contributed by atoms with Crippen molar-refractivity contribution < 1.29 is 24.5 Å². The number of carbonyl (C=O) groups is 2. The van der Waals surface area contributed by atoms with E-state index >= 15 is 0 Å². The Morgan fingerprint density at radius 2 is 0.595 bits per heavy atom. The molecule has 0 fully saturated rings. The fourth-order valence-corrected chi connectivity index (χ4v) is 12.1. The quantitative estimate of drug-likeness (QED) is 0.0320. The molecule has 0 bridgehead atoms. The number of hydrogen-bond acceptors (Lipinski definition) is 5. The molecule has 3 N–H and O–H groups in total. The van der Waals surface area contributed by atoms with Gasteiger partial charge in [-0.3, -0.25) is 9.59 Å². The van der Waals surface area contributed by atoms with Crippen molar-refractivity contribution in [2.45, 2.75) is 437 Å². The molecule has 0 spiro atoms. The molecular formula is C78H149NO5. The number of allylic oxidation sites excluding steroid dienone is 5. The Labute approximate surface area is 525 Å². The lowest BCUT2D eigenvalue weighted by Gasteiger charge is -2.20. The third kappa shape index (κ3) is 69.2. The first-order valence-corrected chi connectivity index (χ1v) is 38.3. The van der Waals surface area contributed by atoms with E-state index in [2.05, 4.69) is 43.5 Å². The highest BCUT2D eigenvalue weighted by atomic mass is 16.5. The summed E-state index contributed by atoms with van der Waals surface area (Å²) in [5, 5.41) is 23.2. The van der Waals surface area contributed by atoms with Gasteiger partial charge in [0.15, 0.2) is 0 Å². The molecule has 0 aromatic carbocycles. The number of carbonyl (C=O) groups excluding carboxylic acids is 2. The Morgan fingerprint density at radius 1 is 0.333 bits per heavy atom. The summed E-state index contributed by atoms with van der Waals surface area (Å²) in [4.78, 5) is 24.6. The maximum atomic E-state index is 12.5. The number of amides is 1. The van der Waals surface area contributed by atoms with E-state index in [1.165, 1.54) is 347 Å². The molecule has 0 saturated carbocycles. The zero-order valence-corrected chi connectivity index (χ0v) is 56.9. The highest BCUT2D eigenvalue weighted by molar-refractivity contribution is 5.76. The monoisotopic (exact) mass is 1180 g/mol. The number of rotatable bonds is 72. The van der Waals surface area contributed by atoms with E-state index in [9.17, 15) is 19.8 Å². The van der Waals surface area contributed by atoms with Gasteiger partial charge in [0.25, 0.3) is 0 Å². The Bertz CT molecular complexity index is 1360. The zero-order chi connectivity index (χ0) is 60.6. The largest absolute Gasteiger partial charge is 0.466 e. The van der Waals surface area contributed by atoms with Crippen LogP contribution in [-0.2, 0) is 14.3 Å². The molecule has 0 aliphatic rings. The summed E-state index contributed by atoms with van der Waals surface area (Å²) < 4.78 is 5.51. The third-order valence-corrected chi connectivity index (χ3v) is 17.9. The van der Waals surface area contributed by atoms with Crippen LogP contribution in [0.1, 0.15) is 425 Å². The van der Waals surface area contributed by atoms with Crippen LogP contribution in [0.4, 0.5) is 0 Å². The predicted octanol–water partition coefficient (Wildman–Crippen LogP) is 25.0. The van der Waals surface area contributed by atoms with Gasteiger partial charge in [-0.15, -0.1) is 0 Å². The number of aliphatic hydroxyl groups excluding tert-OH is 2. The number of ether oxygens (including phenoxy) is 1. The Hall–Kier alpha value is -1.92. The lowest BCUT2D eigenvalue weighted by atomic mass is 10.0. The number of hydrogen-bond donors (Lipinski definition) is 3. The Morgan fingerprint density at radius 3 is 0.917 bits per heavy atom. The van der Waals surface area contributed by atoms with Crippen LogP contribution in [-0.4, -0.2) is 47.4 Å². The number of nitrogens with one attached hydrogen (secondary N) is 1. The van der Waals surface area contributed by atoms with Crippen molar-refractivity contribution in [2.24, 2.45) is 0 Å². The van der Waals surface area contributed by atoms with Crippen molar-refractivity contribution in [1.29, 1.82) is 0 Å². The standard InChI is InChI=1S/C78H149NO5/c1-3-5-7-9-11-13-15-17-19-21-40-44-48-52-56-60-64-68-72-78(83)84-73-69-65-61-57-53-49-45-41-37-35-33-31-29-27-25-23-22-24-26-28-30-32-34-36-39-43-47-51-55-59-63-67-71-77(82)79-75(74-80)76(81)70-66-62-58-54-50-46-42-38-20-18-16-14-12-10-8-6-4-2/h13,15,19,21,66,70,75-76,80-81H,3-12,14,16-18,20,22-65,67-69,71-74H2,1-2H3,(H,79,82)/b15-13-,21-19-,70-66+. The number of unbranched alkanes of at least 4 members (excludes halogenated alkanes) is 57. The van der Waals surface area contributed by atoms with E-state index in [-0.39, 0.29) is 18.5 Å². The minimum absolute atomic E-state index is 0.0142. The van der Waals surface area contributed by atoms with Gasteiger partial charge in [-0.1, -0.05) is 384 Å². The van der Waals surface area contributed by atoms with E-state index < -0.39 is 12.1 Å². The first kappa shape index (κ1) is 82.1. The Kier molecular flexibility index (Phi) is 71.9. The predicted molar refractivity (Wildman–Crippen MR) is 370 cm³/mol. The van der Waals surface area contributed by atoms with Crippen LogP contribution in [0.25, 0.3) is 0 Å². The second kappa shape index (κ2) is 73.5. The van der Waals surface area contributed by atoms with Crippen LogP contribution in [0.5, 0.6) is 0 Å². The summed E-state index contributed by atoms with van der Waals surface area (Å²) in [6.45, 7) is 4.93. The molecule has 0 rings (SSSR count). The molecule has 496 valence electrons. The summed E-state index contributed by atoms with van der Waals surface area (Å²) in [7, 11) is 0. The molecule has 0 heterocycles. The van der Waals surface area contributed by atoms with Gasteiger partial charge in [0.05, 0.1) is 25.4 Å². The van der Waals surface area contributed by atoms with Crippen molar-refractivity contribution in [1.82, 2.24) is 5.32 Å². The summed E-state index contributed by atoms with van der Waals surface area (Å²) in [6.07, 6.45) is 95.4. The molecule has 0 saturated heterocycles. The molecule has 0 aromatic rings. The highest BCUT2D eigenvalue weighted by Crippen LogP contribution is 2.19. The van der Waals surface area contributed by atoms with Gasteiger partial charge >= 0.3 is 5.97 Å². The smallest absolute Gasteiger partial charge is 0.305 e. The van der Waals surface area contributed by atoms with E-state index in [1.54, 1.807) is 6.08 Å². The van der Waals surface area contributed by atoms with Gasteiger partial charge in [-0.2, -0.15) is 0 Å². The lowest BCUT2D eigenvalue weighted by Crippen LogP contribution is -2.45. The van der Waals surface area contributed by atoms with Crippen molar-refractivity contribution >= 4 is 11.9 Å². The van der Waals surface area contributed by atoms with Crippen molar-refractivity contribution in [3.63, 3.8) is 0 Å². The number of esters is 1. The molecule has 0 aromatic heterocycles. The van der Waals surface area contributed by atoms with E-state index in [1.807, 2.05) is 6.08 Å². The minimum Gasteiger partial charge on any atom is -0.466 e. The van der Waals surface area contributed by atoms with E-state index in [4.69, 9.17) is 4.74 Å². The first-order chi connectivity index (χ1) is 41.5. The molecule has 2 atom stereocenters. The van der Waals surface area contributed by atoms with Crippen LogP contribution in [0.2, 0.25) is 0 Å². The maximum Gasteiger partial charge on any atom is 0.305 e. The topological polar surface area (TPSA) is 95.9 Å². The molecule has 0 aliphatic heterocycles. The molecule has 6 nitrogen and oxygen atoms in total. The molecule has 0 aliphatic carbocycles. The SMILES string of the molecule is CCCCCC/C=C\C/C=C\CCCCCCCCCC(=O)OCCCCCCCCCCCCCCCCCCCCCCCCCCCCCCCCCCC(=O)NC(CO)C(O)/C=C/CCCCCCCCCCCCCCCCC. The average molecular weight is 1180 g/mol. The zero-order valence-electron chi connectivity index (χ0n) is 56.9. The van der Waals surface area contributed by atoms with Crippen LogP contribution in [0, 0.1) is 0 Å². The fraction of sp³-hybridized carbons (Fsp3) is 0.897. The van der Waals surface area contributed by atoms with Gasteiger partial charge in [0, 0.05) is 12.8 Å². The molecule has 84 heavy (non-hydrogen) atoms. The summed E-state index contributed by atoms with van der Waals surface area (Å²) in [5.41, 5.74) is 0. The minimum atomic E-state index is -0.842. The average Bonchev–Trinajstić information content (AvgIpc) is 3.51. The summed E-state index contributed by atoms with van der Waals surface area (Å²) in [6, 6.07) is -0.625. The van der Waals surface area contributed by atoms with Crippen LogP contribution in [0.15, 0.2) is 36.5 Å². The van der Waals surface area contributed by atoms with Gasteiger partial charge in [-0.05, 0) is 64.2 Å². The van der Waals surface area contributed by atoms with Crippen LogP contribution >= 0.6 is 0 Å². The highest BCUT2D eigenvalue weighted by Gasteiger charge is 2.18. The van der Waals surface area contributed by atoms with Crippen molar-refractivity contribution in [3.05, 3.63) is 36.5 Å². The van der Waals surface area contributed by atoms with Gasteiger partial charge in [0.2, 0.25) is 5.91 Å². The first-order valence-electron chi connectivity index (χ1n) is 38.3. The molecule has 6 heteroatoms. The lowest BCUT2D eigenvalue weighted by molar-refractivity contribution is -0.143. The van der Waals surface area contributed by atoms with E-state index in [0.29, 0.717) is 19.4 Å². The summed E-state index contributed by atoms with van der Waals surface area (Å²) >= 11 is 0. The van der Waals surface area contributed by atoms with Crippen LogP contribution in [0.3, 0.4) is 0 Å². The number of aliphatic hydroxyl groups is 2. The van der Waals surface area contributed by atoms with E-state index in [0.717, 1.165) is 51.4 Å². The maximum absolute atomic E-state index is 12.5. The Balaban J connectivity index is 3.33. The second-order valence-corrected chi connectivity index (χ2v) is 26.3. The van der Waals surface area contributed by atoms with Crippen molar-refractivity contribution in [3.8, 4) is 0 Å². The van der Waals surface area contributed by atoms with Crippen LogP contribution < -0.4 is 5.32 Å².